The number of carboxylic acids is 1. The molecule has 166 valence electrons. The Balaban J connectivity index is 1.72. The fourth-order valence-electron chi connectivity index (χ4n) is 3.39. The SMILES string of the molecule is CSCC[C@@H](NC(=O)c1cn(-c2ccccc2)nc1-c1ccc2c(c1)OCCO2)C(=O)O. The van der Waals surface area contributed by atoms with Crippen molar-refractivity contribution in [2.45, 2.75) is 12.5 Å². The van der Waals surface area contributed by atoms with Crippen molar-refractivity contribution in [3.05, 3.63) is 60.3 Å². The molecular weight excluding hydrogens is 430 g/mol. The predicted molar refractivity (Wildman–Crippen MR) is 122 cm³/mol. The maximum atomic E-state index is 13.2. The molecule has 0 unspecified atom stereocenters. The third-order valence-corrected chi connectivity index (χ3v) is 5.65. The van der Waals surface area contributed by atoms with Crippen LogP contribution < -0.4 is 14.8 Å². The van der Waals surface area contributed by atoms with Gasteiger partial charge in [-0.3, -0.25) is 4.79 Å². The highest BCUT2D eigenvalue weighted by atomic mass is 32.2. The molecule has 0 saturated heterocycles. The molecule has 1 amide bonds. The average Bonchev–Trinajstić information content (AvgIpc) is 3.27. The zero-order valence-corrected chi connectivity index (χ0v) is 18.3. The maximum Gasteiger partial charge on any atom is 0.326 e. The van der Waals surface area contributed by atoms with Gasteiger partial charge in [0.2, 0.25) is 0 Å². The highest BCUT2D eigenvalue weighted by Gasteiger charge is 2.25. The number of carbonyl (C=O) groups is 2. The fourth-order valence-corrected chi connectivity index (χ4v) is 3.86. The molecule has 0 radical (unpaired) electrons. The Morgan fingerprint density at radius 1 is 1.16 bits per heavy atom. The second-order valence-electron chi connectivity index (χ2n) is 7.18. The standard InChI is InChI=1S/C23H23N3O5S/c1-32-12-9-18(23(28)29)24-22(27)17-14-26(16-5-3-2-4-6-16)25-21(17)15-7-8-19-20(13-15)31-11-10-30-19/h2-8,13-14,18H,9-12H2,1H3,(H,24,27)(H,28,29)/t18-/m1/s1. The first-order chi connectivity index (χ1) is 15.6. The van der Waals surface area contributed by atoms with Gasteiger partial charge in [-0.1, -0.05) is 18.2 Å². The molecule has 3 aromatic rings. The summed E-state index contributed by atoms with van der Waals surface area (Å²) in [6, 6.07) is 13.8. The Morgan fingerprint density at radius 2 is 1.91 bits per heavy atom. The van der Waals surface area contributed by atoms with Crippen LogP contribution in [-0.4, -0.2) is 58.0 Å². The smallest absolute Gasteiger partial charge is 0.326 e. The Morgan fingerprint density at radius 3 is 2.62 bits per heavy atom. The molecule has 0 aliphatic carbocycles. The maximum absolute atomic E-state index is 13.2. The molecule has 0 bridgehead atoms. The summed E-state index contributed by atoms with van der Waals surface area (Å²) < 4.78 is 12.9. The molecule has 1 aliphatic heterocycles. The van der Waals surface area contributed by atoms with E-state index in [1.54, 1.807) is 23.0 Å². The minimum absolute atomic E-state index is 0.279. The Kier molecular flexibility index (Phi) is 6.65. The Labute approximate surface area is 189 Å². The van der Waals surface area contributed by atoms with Gasteiger partial charge >= 0.3 is 5.97 Å². The molecule has 32 heavy (non-hydrogen) atoms. The number of para-hydroxylation sites is 1. The second kappa shape index (κ2) is 9.78. The van der Waals surface area contributed by atoms with Crippen LogP contribution in [0.2, 0.25) is 0 Å². The van der Waals surface area contributed by atoms with E-state index in [2.05, 4.69) is 10.4 Å². The summed E-state index contributed by atoms with van der Waals surface area (Å²) in [4.78, 5) is 24.8. The number of hydrogen-bond acceptors (Lipinski definition) is 6. The van der Waals surface area contributed by atoms with Crippen LogP contribution in [-0.2, 0) is 4.79 Å². The van der Waals surface area contributed by atoms with E-state index in [4.69, 9.17) is 9.47 Å². The number of rotatable bonds is 8. The van der Waals surface area contributed by atoms with E-state index in [9.17, 15) is 14.7 Å². The number of aromatic nitrogens is 2. The molecule has 2 N–H and O–H groups in total. The van der Waals surface area contributed by atoms with E-state index in [0.717, 1.165) is 5.69 Å². The van der Waals surface area contributed by atoms with Crippen LogP contribution in [0, 0.1) is 0 Å². The van der Waals surface area contributed by atoms with Crippen LogP contribution in [0.1, 0.15) is 16.8 Å². The number of nitrogens with one attached hydrogen (secondary N) is 1. The van der Waals surface area contributed by atoms with Gasteiger partial charge in [-0.05, 0) is 48.8 Å². The first-order valence-electron chi connectivity index (χ1n) is 10.1. The molecule has 8 nitrogen and oxygen atoms in total. The topological polar surface area (TPSA) is 103 Å². The first kappa shape index (κ1) is 21.8. The van der Waals surface area contributed by atoms with Crippen molar-refractivity contribution in [2.75, 3.05) is 25.2 Å². The van der Waals surface area contributed by atoms with Gasteiger partial charge in [0.05, 0.1) is 11.3 Å². The predicted octanol–water partition coefficient (Wildman–Crippen LogP) is 3.25. The lowest BCUT2D eigenvalue weighted by Gasteiger charge is -2.18. The lowest BCUT2D eigenvalue weighted by atomic mass is 10.1. The Hall–Kier alpha value is -3.46. The van der Waals surface area contributed by atoms with Crippen molar-refractivity contribution in [1.82, 2.24) is 15.1 Å². The summed E-state index contributed by atoms with van der Waals surface area (Å²) in [7, 11) is 0. The molecule has 0 saturated carbocycles. The molecule has 1 aliphatic rings. The molecule has 4 rings (SSSR count). The van der Waals surface area contributed by atoms with Gasteiger partial charge in [-0.25, -0.2) is 9.48 Å². The number of carboxylic acid groups (broad SMARTS) is 1. The molecule has 2 aromatic carbocycles. The van der Waals surface area contributed by atoms with Crippen molar-refractivity contribution in [3.8, 4) is 28.4 Å². The van der Waals surface area contributed by atoms with Gasteiger partial charge in [0.15, 0.2) is 11.5 Å². The van der Waals surface area contributed by atoms with Gasteiger partial charge < -0.3 is 19.9 Å². The number of ether oxygens (including phenoxy) is 2. The number of nitrogens with zero attached hydrogens (tertiary/aromatic N) is 2. The molecule has 0 spiro atoms. The second-order valence-corrected chi connectivity index (χ2v) is 8.16. The van der Waals surface area contributed by atoms with Crippen LogP contribution in [0.4, 0.5) is 0 Å². The van der Waals surface area contributed by atoms with Gasteiger partial charge in [-0.15, -0.1) is 0 Å². The number of benzene rings is 2. The summed E-state index contributed by atoms with van der Waals surface area (Å²) in [6.07, 6.45) is 3.84. The largest absolute Gasteiger partial charge is 0.486 e. The minimum Gasteiger partial charge on any atom is -0.486 e. The summed E-state index contributed by atoms with van der Waals surface area (Å²) >= 11 is 1.53. The first-order valence-corrected chi connectivity index (χ1v) is 11.5. The number of amides is 1. The summed E-state index contributed by atoms with van der Waals surface area (Å²) in [5.74, 6) is 0.277. The van der Waals surface area contributed by atoms with Gasteiger partial charge in [0, 0.05) is 11.8 Å². The van der Waals surface area contributed by atoms with E-state index in [0.29, 0.717) is 48.1 Å². The molecule has 2 heterocycles. The molecule has 1 aromatic heterocycles. The number of hydrogen-bond donors (Lipinski definition) is 2. The van der Waals surface area contributed by atoms with Crippen LogP contribution in [0.25, 0.3) is 16.9 Å². The van der Waals surface area contributed by atoms with E-state index in [1.807, 2.05) is 42.7 Å². The lowest BCUT2D eigenvalue weighted by molar-refractivity contribution is -0.139. The third kappa shape index (κ3) is 4.72. The van der Waals surface area contributed by atoms with Crippen molar-refractivity contribution in [1.29, 1.82) is 0 Å². The van der Waals surface area contributed by atoms with E-state index < -0.39 is 17.9 Å². The molecule has 0 fully saturated rings. The number of thioether (sulfide) groups is 1. The van der Waals surface area contributed by atoms with Gasteiger partial charge in [0.1, 0.15) is 24.9 Å². The zero-order chi connectivity index (χ0) is 22.5. The van der Waals surface area contributed by atoms with E-state index >= 15 is 0 Å². The lowest BCUT2D eigenvalue weighted by Crippen LogP contribution is -2.41. The molecule has 9 heteroatoms. The quantitative estimate of drug-likeness (QED) is 0.540. The highest BCUT2D eigenvalue weighted by Crippen LogP contribution is 2.35. The minimum atomic E-state index is -1.07. The van der Waals surface area contributed by atoms with Crippen LogP contribution in [0.5, 0.6) is 11.5 Å². The van der Waals surface area contributed by atoms with Crippen molar-refractivity contribution >= 4 is 23.6 Å². The number of carbonyl (C=O) groups excluding carboxylic acids is 1. The van der Waals surface area contributed by atoms with Crippen LogP contribution in [0.3, 0.4) is 0 Å². The average molecular weight is 454 g/mol. The number of fused-ring (bicyclic) bond motifs is 1. The molecular formula is C23H23N3O5S. The van der Waals surface area contributed by atoms with Crippen molar-refractivity contribution in [2.24, 2.45) is 0 Å². The van der Waals surface area contributed by atoms with E-state index in [-0.39, 0.29) is 5.56 Å². The summed E-state index contributed by atoms with van der Waals surface area (Å²) in [6.45, 7) is 0.924. The highest BCUT2D eigenvalue weighted by molar-refractivity contribution is 7.98. The number of aliphatic carboxylic acids is 1. The van der Waals surface area contributed by atoms with Crippen molar-refractivity contribution in [3.63, 3.8) is 0 Å². The monoisotopic (exact) mass is 453 g/mol. The van der Waals surface area contributed by atoms with E-state index in [1.165, 1.54) is 11.8 Å². The van der Waals surface area contributed by atoms with Gasteiger partial charge in [-0.2, -0.15) is 16.9 Å². The Bertz CT molecular complexity index is 1120. The third-order valence-electron chi connectivity index (χ3n) is 5.01. The summed E-state index contributed by atoms with van der Waals surface area (Å²) in [5, 5.41) is 16.8. The van der Waals surface area contributed by atoms with Crippen LogP contribution in [0.15, 0.2) is 54.7 Å². The zero-order valence-electron chi connectivity index (χ0n) is 17.5. The van der Waals surface area contributed by atoms with Crippen molar-refractivity contribution < 1.29 is 24.2 Å². The molecule has 1 atom stereocenters. The fraction of sp³-hybridized carbons (Fsp3) is 0.261. The normalized spacial score (nSPS) is 13.4. The summed E-state index contributed by atoms with van der Waals surface area (Å²) in [5.41, 5.74) is 2.16. The van der Waals surface area contributed by atoms with Gasteiger partial charge in [0.25, 0.3) is 5.91 Å². The van der Waals surface area contributed by atoms with Crippen LogP contribution >= 0.6 is 11.8 Å².